The van der Waals surface area contributed by atoms with Gasteiger partial charge in [-0.05, 0) is 11.6 Å². The van der Waals surface area contributed by atoms with Crippen LogP contribution < -0.4 is 5.32 Å². The van der Waals surface area contributed by atoms with E-state index in [0.29, 0.717) is 12.3 Å². The monoisotopic (exact) mass is 179 g/mol. The second-order valence-corrected chi connectivity index (χ2v) is 3.69. The third-order valence-electron chi connectivity index (χ3n) is 1.81. The van der Waals surface area contributed by atoms with E-state index in [1.54, 1.807) is 11.8 Å². The number of amides is 1. The van der Waals surface area contributed by atoms with E-state index in [2.05, 4.69) is 11.4 Å². The lowest BCUT2D eigenvalue weighted by Gasteiger charge is -2.01. The number of nitrogens with one attached hydrogen (secondary N) is 1. The molecule has 0 saturated carbocycles. The first-order valence-corrected chi connectivity index (χ1v) is 4.82. The second kappa shape index (κ2) is 3.19. The summed E-state index contributed by atoms with van der Waals surface area (Å²) in [6.07, 6.45) is 0. The van der Waals surface area contributed by atoms with Crippen LogP contribution in [0.25, 0.3) is 0 Å². The Morgan fingerprint density at radius 2 is 2.17 bits per heavy atom. The summed E-state index contributed by atoms with van der Waals surface area (Å²) in [5.41, 5.74) is 1.22. The predicted molar refractivity (Wildman–Crippen MR) is 49.0 cm³/mol. The fourth-order valence-electron chi connectivity index (χ4n) is 1.18. The zero-order chi connectivity index (χ0) is 8.39. The van der Waals surface area contributed by atoms with Crippen molar-refractivity contribution in [3.05, 3.63) is 29.8 Å². The Kier molecular flexibility index (Phi) is 2.04. The summed E-state index contributed by atoms with van der Waals surface area (Å²) in [6.45, 7) is 0.669. The Morgan fingerprint density at radius 1 is 1.33 bits per heavy atom. The van der Waals surface area contributed by atoms with Crippen molar-refractivity contribution in [2.24, 2.45) is 0 Å². The van der Waals surface area contributed by atoms with E-state index in [0.717, 1.165) is 0 Å². The Bertz CT molecular complexity index is 282. The summed E-state index contributed by atoms with van der Waals surface area (Å²) < 4.78 is 0. The van der Waals surface area contributed by atoms with Crippen LogP contribution >= 0.6 is 11.8 Å². The van der Waals surface area contributed by atoms with Gasteiger partial charge in [0.25, 0.3) is 0 Å². The van der Waals surface area contributed by atoms with Crippen molar-refractivity contribution in [3.63, 3.8) is 0 Å². The average Bonchev–Trinajstić information content (AvgIpc) is 2.29. The van der Waals surface area contributed by atoms with Gasteiger partial charge in [0.1, 0.15) is 0 Å². The third kappa shape index (κ3) is 1.46. The molecule has 0 bridgehead atoms. The molecule has 3 heteroatoms. The number of carbonyl (C=O) groups excluding carboxylic acids is 1. The maximum atomic E-state index is 11.0. The quantitative estimate of drug-likeness (QED) is 0.652. The Morgan fingerprint density at radius 3 is 3.08 bits per heavy atom. The minimum atomic E-state index is 0.121. The van der Waals surface area contributed by atoms with Crippen LogP contribution in [0.2, 0.25) is 0 Å². The summed E-state index contributed by atoms with van der Waals surface area (Å²) in [4.78, 5) is 12.2. The molecule has 0 atom stereocenters. The summed E-state index contributed by atoms with van der Waals surface area (Å²) in [5.74, 6) is 0.660. The lowest BCUT2D eigenvalue weighted by atomic mass is 10.2. The average molecular weight is 179 g/mol. The molecule has 62 valence electrons. The number of hydrogen-bond donors (Lipinski definition) is 1. The molecule has 0 spiro atoms. The summed E-state index contributed by atoms with van der Waals surface area (Å²) >= 11 is 1.61. The van der Waals surface area contributed by atoms with E-state index in [1.165, 1.54) is 10.5 Å². The molecule has 1 aromatic carbocycles. The lowest BCUT2D eigenvalue weighted by Crippen LogP contribution is -2.22. The predicted octanol–water partition coefficient (Wildman–Crippen LogP) is 1.41. The molecule has 1 heterocycles. The highest BCUT2D eigenvalue weighted by molar-refractivity contribution is 8.00. The van der Waals surface area contributed by atoms with Gasteiger partial charge in [-0.3, -0.25) is 4.79 Å². The third-order valence-corrected chi connectivity index (χ3v) is 2.92. The largest absolute Gasteiger partial charge is 0.351 e. The van der Waals surface area contributed by atoms with E-state index < -0.39 is 0 Å². The van der Waals surface area contributed by atoms with Gasteiger partial charge in [-0.1, -0.05) is 18.2 Å². The van der Waals surface area contributed by atoms with Gasteiger partial charge in [-0.2, -0.15) is 0 Å². The van der Waals surface area contributed by atoms with Gasteiger partial charge in [-0.15, -0.1) is 11.8 Å². The molecule has 1 aliphatic rings. The number of thioether (sulfide) groups is 1. The molecule has 12 heavy (non-hydrogen) atoms. The van der Waals surface area contributed by atoms with Gasteiger partial charge in [0, 0.05) is 11.4 Å². The van der Waals surface area contributed by atoms with Crippen molar-refractivity contribution in [1.82, 2.24) is 5.32 Å². The van der Waals surface area contributed by atoms with Gasteiger partial charge in [0.05, 0.1) is 5.75 Å². The van der Waals surface area contributed by atoms with Crippen molar-refractivity contribution in [1.29, 1.82) is 0 Å². The lowest BCUT2D eigenvalue weighted by molar-refractivity contribution is -0.118. The maximum absolute atomic E-state index is 11.0. The number of carbonyl (C=O) groups is 1. The first-order valence-electron chi connectivity index (χ1n) is 3.83. The molecule has 1 N–H and O–H groups in total. The maximum Gasteiger partial charge on any atom is 0.230 e. The first-order chi connectivity index (χ1) is 5.86. The molecule has 2 nitrogen and oxygen atoms in total. The highest BCUT2D eigenvalue weighted by atomic mass is 32.2. The van der Waals surface area contributed by atoms with Crippen molar-refractivity contribution < 1.29 is 4.79 Å². The smallest absolute Gasteiger partial charge is 0.230 e. The van der Waals surface area contributed by atoms with Crippen LogP contribution in [0, 0.1) is 0 Å². The number of rotatable bonds is 0. The molecule has 2 rings (SSSR count). The molecule has 1 amide bonds. The van der Waals surface area contributed by atoms with E-state index in [4.69, 9.17) is 0 Å². The SMILES string of the molecule is O=C1CSc2ccccc2CN1. The number of benzene rings is 1. The topological polar surface area (TPSA) is 29.1 Å². The van der Waals surface area contributed by atoms with Crippen molar-refractivity contribution in [2.75, 3.05) is 5.75 Å². The number of hydrogen-bond acceptors (Lipinski definition) is 2. The summed E-state index contributed by atoms with van der Waals surface area (Å²) in [5, 5.41) is 2.84. The Labute approximate surface area is 75.4 Å². The zero-order valence-corrected chi connectivity index (χ0v) is 7.36. The zero-order valence-electron chi connectivity index (χ0n) is 6.54. The molecule has 0 radical (unpaired) electrons. The molecular formula is C9H9NOS. The Hall–Kier alpha value is -0.960. The molecule has 0 aromatic heterocycles. The molecule has 0 unspecified atom stereocenters. The molecular weight excluding hydrogens is 170 g/mol. The van der Waals surface area contributed by atoms with Crippen LogP contribution in [0.15, 0.2) is 29.2 Å². The van der Waals surface area contributed by atoms with Crippen LogP contribution in [0.1, 0.15) is 5.56 Å². The van der Waals surface area contributed by atoms with Gasteiger partial charge in [-0.25, -0.2) is 0 Å². The minimum Gasteiger partial charge on any atom is -0.351 e. The van der Waals surface area contributed by atoms with Gasteiger partial charge in [0.15, 0.2) is 0 Å². The van der Waals surface area contributed by atoms with Gasteiger partial charge >= 0.3 is 0 Å². The molecule has 0 fully saturated rings. The van der Waals surface area contributed by atoms with Crippen molar-refractivity contribution in [2.45, 2.75) is 11.4 Å². The standard InChI is InChI=1S/C9H9NOS/c11-9-6-12-8-4-2-1-3-7(8)5-10-9/h1-4H,5-6H2,(H,10,11). The van der Waals surface area contributed by atoms with Crippen LogP contribution in [0.4, 0.5) is 0 Å². The van der Waals surface area contributed by atoms with Crippen LogP contribution in [-0.2, 0) is 11.3 Å². The van der Waals surface area contributed by atoms with Gasteiger partial charge in [0.2, 0.25) is 5.91 Å². The summed E-state index contributed by atoms with van der Waals surface area (Å²) in [7, 11) is 0. The van der Waals surface area contributed by atoms with E-state index in [1.807, 2.05) is 18.2 Å². The summed E-state index contributed by atoms with van der Waals surface area (Å²) in [6, 6.07) is 8.10. The number of fused-ring (bicyclic) bond motifs is 1. The second-order valence-electron chi connectivity index (χ2n) is 2.67. The molecule has 0 aliphatic carbocycles. The fraction of sp³-hybridized carbons (Fsp3) is 0.222. The van der Waals surface area contributed by atoms with Crippen LogP contribution in [-0.4, -0.2) is 11.7 Å². The van der Waals surface area contributed by atoms with E-state index >= 15 is 0 Å². The highest BCUT2D eigenvalue weighted by Gasteiger charge is 2.10. The van der Waals surface area contributed by atoms with E-state index in [9.17, 15) is 4.79 Å². The van der Waals surface area contributed by atoms with E-state index in [-0.39, 0.29) is 5.91 Å². The normalized spacial score (nSPS) is 16.2. The Balaban J connectivity index is 2.32. The molecule has 0 saturated heterocycles. The van der Waals surface area contributed by atoms with Crippen molar-refractivity contribution >= 4 is 17.7 Å². The van der Waals surface area contributed by atoms with Crippen molar-refractivity contribution in [3.8, 4) is 0 Å². The molecule has 1 aliphatic heterocycles. The minimum absolute atomic E-state index is 0.121. The molecule has 1 aromatic rings. The van der Waals surface area contributed by atoms with Crippen LogP contribution in [0.5, 0.6) is 0 Å². The van der Waals surface area contributed by atoms with Crippen LogP contribution in [0.3, 0.4) is 0 Å². The van der Waals surface area contributed by atoms with Gasteiger partial charge < -0.3 is 5.32 Å². The highest BCUT2D eigenvalue weighted by Crippen LogP contribution is 2.24. The fourth-order valence-corrected chi connectivity index (χ4v) is 2.07. The first kappa shape index (κ1) is 7.68.